The van der Waals surface area contributed by atoms with E-state index in [0.29, 0.717) is 6.54 Å². The molecule has 0 aliphatic carbocycles. The molecule has 0 radical (unpaired) electrons. The number of benzene rings is 1. The van der Waals surface area contributed by atoms with E-state index < -0.39 is 0 Å². The highest BCUT2D eigenvalue weighted by Crippen LogP contribution is 2.19. The molecule has 1 atom stereocenters. The van der Waals surface area contributed by atoms with Crippen LogP contribution in [0.5, 0.6) is 5.75 Å². The van der Waals surface area contributed by atoms with Gasteiger partial charge in [0.2, 0.25) is 0 Å². The predicted octanol–water partition coefficient (Wildman–Crippen LogP) is 1.76. The molecule has 88 valence electrons. The van der Waals surface area contributed by atoms with Crippen LogP contribution in [0, 0.1) is 0 Å². The topological polar surface area (TPSA) is 49.8 Å². The standard InChI is InChI=1S/C11H14BrNO3/c1-13(7-10(12)11(15)16-2)8-4-3-5-9(14)6-8/h3-6,10,14H,7H2,1-2H3. The van der Waals surface area contributed by atoms with Crippen LogP contribution in [0.15, 0.2) is 24.3 Å². The van der Waals surface area contributed by atoms with Gasteiger partial charge >= 0.3 is 5.97 Å². The van der Waals surface area contributed by atoms with Crippen LogP contribution in [0.2, 0.25) is 0 Å². The second-order valence-electron chi connectivity index (χ2n) is 3.39. The zero-order valence-corrected chi connectivity index (χ0v) is 10.8. The van der Waals surface area contributed by atoms with Crippen molar-refractivity contribution in [2.75, 3.05) is 25.6 Å². The van der Waals surface area contributed by atoms with Gasteiger partial charge in [0, 0.05) is 25.3 Å². The number of phenolic OH excluding ortho intramolecular Hbond substituents is 1. The number of hydrogen-bond acceptors (Lipinski definition) is 4. The van der Waals surface area contributed by atoms with Crippen LogP contribution in [-0.2, 0) is 9.53 Å². The Kier molecular flexibility index (Phi) is 4.61. The Labute approximate surface area is 103 Å². The van der Waals surface area contributed by atoms with Crippen molar-refractivity contribution in [3.05, 3.63) is 24.3 Å². The van der Waals surface area contributed by atoms with Gasteiger partial charge in [-0.15, -0.1) is 0 Å². The number of carbonyl (C=O) groups is 1. The molecular weight excluding hydrogens is 274 g/mol. The van der Waals surface area contributed by atoms with E-state index >= 15 is 0 Å². The van der Waals surface area contributed by atoms with Crippen LogP contribution >= 0.6 is 15.9 Å². The van der Waals surface area contributed by atoms with Crippen molar-refractivity contribution >= 4 is 27.6 Å². The van der Waals surface area contributed by atoms with Crippen LogP contribution in [0.3, 0.4) is 0 Å². The molecule has 16 heavy (non-hydrogen) atoms. The van der Waals surface area contributed by atoms with Gasteiger partial charge < -0.3 is 14.7 Å². The summed E-state index contributed by atoms with van der Waals surface area (Å²) in [6.45, 7) is 0.468. The third kappa shape index (κ3) is 3.41. The van der Waals surface area contributed by atoms with Crippen molar-refractivity contribution in [2.45, 2.75) is 4.83 Å². The number of ether oxygens (including phenoxy) is 1. The summed E-state index contributed by atoms with van der Waals surface area (Å²) in [5.41, 5.74) is 0.841. The lowest BCUT2D eigenvalue weighted by molar-refractivity contribution is -0.139. The Morgan fingerprint density at radius 3 is 2.88 bits per heavy atom. The molecule has 0 amide bonds. The molecule has 0 fully saturated rings. The summed E-state index contributed by atoms with van der Waals surface area (Å²) in [5.74, 6) is -0.111. The maximum absolute atomic E-state index is 11.2. The Bertz CT molecular complexity index is 370. The highest BCUT2D eigenvalue weighted by atomic mass is 79.9. The van der Waals surface area contributed by atoms with Crippen LogP contribution in [0.25, 0.3) is 0 Å². The van der Waals surface area contributed by atoms with Crippen molar-refractivity contribution in [2.24, 2.45) is 0 Å². The molecule has 1 rings (SSSR count). The lowest BCUT2D eigenvalue weighted by Gasteiger charge is -2.21. The van der Waals surface area contributed by atoms with Crippen molar-refractivity contribution < 1.29 is 14.6 Å². The molecule has 0 saturated heterocycles. The summed E-state index contributed by atoms with van der Waals surface area (Å²) < 4.78 is 4.61. The minimum Gasteiger partial charge on any atom is -0.508 e. The largest absolute Gasteiger partial charge is 0.508 e. The quantitative estimate of drug-likeness (QED) is 0.677. The van der Waals surface area contributed by atoms with Gasteiger partial charge in [0.05, 0.1) is 7.11 Å². The molecule has 0 saturated carbocycles. The van der Waals surface area contributed by atoms with Gasteiger partial charge in [-0.25, -0.2) is 0 Å². The smallest absolute Gasteiger partial charge is 0.321 e. The Morgan fingerprint density at radius 1 is 1.62 bits per heavy atom. The average Bonchev–Trinajstić information content (AvgIpc) is 2.27. The highest BCUT2D eigenvalue weighted by molar-refractivity contribution is 9.10. The first-order valence-electron chi connectivity index (χ1n) is 4.76. The van der Waals surface area contributed by atoms with E-state index in [1.807, 2.05) is 18.0 Å². The molecular formula is C11H14BrNO3. The van der Waals surface area contributed by atoms with Crippen molar-refractivity contribution in [3.8, 4) is 5.75 Å². The van der Waals surface area contributed by atoms with Gasteiger partial charge in [0.25, 0.3) is 0 Å². The first-order chi connectivity index (χ1) is 7.54. The van der Waals surface area contributed by atoms with E-state index in [2.05, 4.69) is 20.7 Å². The third-order valence-corrected chi connectivity index (χ3v) is 2.82. The first kappa shape index (κ1) is 12.8. The summed E-state index contributed by atoms with van der Waals surface area (Å²) >= 11 is 3.24. The number of halogens is 1. The number of aromatic hydroxyl groups is 1. The number of anilines is 1. The highest BCUT2D eigenvalue weighted by Gasteiger charge is 2.17. The molecule has 1 aromatic rings. The fraction of sp³-hybridized carbons (Fsp3) is 0.364. The SMILES string of the molecule is COC(=O)C(Br)CN(C)c1cccc(O)c1. The number of carbonyl (C=O) groups excluding carboxylic acids is 1. The van der Waals surface area contributed by atoms with Crippen molar-refractivity contribution in [1.29, 1.82) is 0 Å². The minimum absolute atomic E-state index is 0.202. The van der Waals surface area contributed by atoms with Gasteiger partial charge in [-0.05, 0) is 12.1 Å². The molecule has 1 N–H and O–H groups in total. The number of rotatable bonds is 4. The van der Waals surface area contributed by atoms with Crippen LogP contribution in [0.4, 0.5) is 5.69 Å². The van der Waals surface area contributed by atoms with Gasteiger partial charge in [0.15, 0.2) is 0 Å². The van der Waals surface area contributed by atoms with E-state index in [4.69, 9.17) is 0 Å². The van der Waals surface area contributed by atoms with Crippen LogP contribution in [0.1, 0.15) is 0 Å². The molecule has 0 aromatic heterocycles. The number of phenols is 1. The fourth-order valence-electron chi connectivity index (χ4n) is 1.28. The second-order valence-corrected chi connectivity index (χ2v) is 4.50. The molecule has 0 spiro atoms. The molecule has 5 heteroatoms. The van der Waals surface area contributed by atoms with E-state index in [0.717, 1.165) is 5.69 Å². The van der Waals surface area contributed by atoms with E-state index in [1.54, 1.807) is 18.2 Å². The van der Waals surface area contributed by atoms with Gasteiger partial charge in [-0.3, -0.25) is 4.79 Å². The van der Waals surface area contributed by atoms with Crippen molar-refractivity contribution in [3.63, 3.8) is 0 Å². The molecule has 4 nitrogen and oxygen atoms in total. The summed E-state index contributed by atoms with van der Waals surface area (Å²) in [6.07, 6.45) is 0. The summed E-state index contributed by atoms with van der Waals surface area (Å²) in [5, 5.41) is 9.32. The molecule has 0 bridgehead atoms. The lowest BCUT2D eigenvalue weighted by atomic mass is 10.2. The van der Waals surface area contributed by atoms with E-state index in [-0.39, 0.29) is 16.5 Å². The first-order valence-corrected chi connectivity index (χ1v) is 5.68. The van der Waals surface area contributed by atoms with Crippen molar-refractivity contribution in [1.82, 2.24) is 0 Å². The zero-order valence-electron chi connectivity index (χ0n) is 9.18. The molecule has 1 unspecified atom stereocenters. The summed E-state index contributed by atoms with van der Waals surface area (Å²) in [6, 6.07) is 6.85. The van der Waals surface area contributed by atoms with Gasteiger partial charge in [-0.1, -0.05) is 22.0 Å². The summed E-state index contributed by atoms with van der Waals surface area (Å²) in [4.78, 5) is 12.7. The Hall–Kier alpha value is -1.23. The van der Waals surface area contributed by atoms with Gasteiger partial charge in [0.1, 0.15) is 10.6 Å². The Morgan fingerprint density at radius 2 is 2.31 bits per heavy atom. The maximum Gasteiger partial charge on any atom is 0.321 e. The van der Waals surface area contributed by atoms with Crippen LogP contribution in [-0.4, -0.2) is 36.6 Å². The number of methoxy groups -OCH3 is 1. The number of nitrogens with zero attached hydrogens (tertiary/aromatic N) is 1. The number of alkyl halides is 1. The molecule has 0 heterocycles. The second kappa shape index (κ2) is 5.75. The van der Waals surface area contributed by atoms with Crippen LogP contribution < -0.4 is 4.90 Å². The van der Waals surface area contributed by atoms with Gasteiger partial charge in [-0.2, -0.15) is 0 Å². The monoisotopic (exact) mass is 287 g/mol. The lowest BCUT2D eigenvalue weighted by Crippen LogP contribution is -2.31. The third-order valence-electron chi connectivity index (χ3n) is 2.16. The Balaban J connectivity index is 2.65. The molecule has 1 aromatic carbocycles. The normalized spacial score (nSPS) is 11.9. The van der Waals surface area contributed by atoms with E-state index in [1.165, 1.54) is 7.11 Å². The zero-order chi connectivity index (χ0) is 12.1. The number of esters is 1. The fourth-order valence-corrected chi connectivity index (χ4v) is 1.90. The minimum atomic E-state index is -0.384. The molecule has 0 aliphatic rings. The summed E-state index contributed by atoms with van der Waals surface area (Å²) in [7, 11) is 3.19. The average molecular weight is 288 g/mol. The number of hydrogen-bond donors (Lipinski definition) is 1. The predicted molar refractivity (Wildman–Crippen MR) is 66.1 cm³/mol. The molecule has 0 aliphatic heterocycles. The van der Waals surface area contributed by atoms with E-state index in [9.17, 15) is 9.90 Å². The maximum atomic E-state index is 11.2.